The molecule has 6 nitrogen and oxygen atoms in total. The van der Waals surface area contributed by atoms with Gasteiger partial charge >= 0.3 is 0 Å². The molecule has 2 aromatic carbocycles. The summed E-state index contributed by atoms with van der Waals surface area (Å²) >= 11 is 0. The fourth-order valence-electron chi connectivity index (χ4n) is 2.17. The number of hydrogen-bond acceptors (Lipinski definition) is 5. The molecule has 0 aliphatic heterocycles. The highest BCUT2D eigenvalue weighted by Gasteiger charge is 2.15. The van der Waals surface area contributed by atoms with Gasteiger partial charge < -0.3 is 15.4 Å². The minimum Gasteiger partial charge on any atom is -0.497 e. The van der Waals surface area contributed by atoms with E-state index in [0.717, 1.165) is 12.1 Å². The van der Waals surface area contributed by atoms with E-state index >= 15 is 0 Å². The number of benzene rings is 2. The Balaban J connectivity index is 1.79. The van der Waals surface area contributed by atoms with Crippen LogP contribution in [0.3, 0.4) is 0 Å². The quantitative estimate of drug-likeness (QED) is 0.728. The van der Waals surface area contributed by atoms with E-state index in [1.165, 1.54) is 18.3 Å². The number of nitrogens with zero attached hydrogens (tertiary/aromatic N) is 2. The lowest BCUT2D eigenvalue weighted by molar-refractivity contribution is 0.102. The molecule has 8 heteroatoms. The van der Waals surface area contributed by atoms with Crippen molar-refractivity contribution in [3.63, 3.8) is 0 Å². The van der Waals surface area contributed by atoms with Gasteiger partial charge in [-0.3, -0.25) is 4.79 Å². The molecule has 1 amide bonds. The Morgan fingerprint density at radius 1 is 1.08 bits per heavy atom. The average molecular weight is 356 g/mol. The fraction of sp³-hybridized carbons (Fsp3) is 0.0556. The van der Waals surface area contributed by atoms with E-state index < -0.39 is 23.2 Å². The summed E-state index contributed by atoms with van der Waals surface area (Å²) in [5.74, 6) is -1.71. The lowest BCUT2D eigenvalue weighted by atomic mass is 10.2. The minimum absolute atomic E-state index is 0.0481. The number of halogens is 2. The minimum atomic E-state index is -0.873. The Hall–Kier alpha value is -3.55. The van der Waals surface area contributed by atoms with Crippen LogP contribution < -0.4 is 15.4 Å². The normalized spacial score (nSPS) is 10.3. The maximum atomic E-state index is 13.7. The number of carbonyl (C=O) groups excluding carboxylic acids is 1. The van der Waals surface area contributed by atoms with E-state index in [1.54, 1.807) is 31.4 Å². The van der Waals surface area contributed by atoms with E-state index in [2.05, 4.69) is 20.6 Å². The van der Waals surface area contributed by atoms with Gasteiger partial charge in [0.05, 0.1) is 7.11 Å². The number of aromatic nitrogens is 2. The second-order valence-electron chi connectivity index (χ2n) is 5.17. The van der Waals surface area contributed by atoms with Gasteiger partial charge in [0.2, 0.25) is 5.95 Å². The van der Waals surface area contributed by atoms with Crippen LogP contribution in [0.1, 0.15) is 10.5 Å². The zero-order valence-electron chi connectivity index (χ0n) is 13.7. The predicted octanol–water partition coefficient (Wildman–Crippen LogP) is 3.76. The van der Waals surface area contributed by atoms with Crippen molar-refractivity contribution < 1.29 is 18.3 Å². The summed E-state index contributed by atoms with van der Waals surface area (Å²) in [6.45, 7) is 0. The van der Waals surface area contributed by atoms with Crippen molar-refractivity contribution in [3.8, 4) is 5.75 Å². The summed E-state index contributed by atoms with van der Waals surface area (Å²) in [7, 11) is 1.54. The summed E-state index contributed by atoms with van der Waals surface area (Å²) in [5.41, 5.74) is 0.0773. The standard InChI is InChI=1S/C18H14F2N4O2/c1-26-12-5-2-4-11(10-12)22-18-21-9-8-15(23-18)17(25)24-16-13(19)6-3-7-14(16)20/h2-10H,1H3,(H,24,25)(H,21,22,23). The smallest absolute Gasteiger partial charge is 0.274 e. The Kier molecular flexibility index (Phi) is 5.02. The molecule has 132 valence electrons. The number of carbonyl (C=O) groups is 1. The van der Waals surface area contributed by atoms with Gasteiger partial charge in [-0.25, -0.2) is 18.7 Å². The highest BCUT2D eigenvalue weighted by Crippen LogP contribution is 2.21. The zero-order valence-corrected chi connectivity index (χ0v) is 13.7. The Bertz CT molecular complexity index is 930. The SMILES string of the molecule is COc1cccc(Nc2nccc(C(=O)Nc3c(F)cccc3F)n2)c1. The lowest BCUT2D eigenvalue weighted by Gasteiger charge is -2.09. The van der Waals surface area contributed by atoms with Gasteiger partial charge in [-0.05, 0) is 30.3 Å². The molecule has 0 atom stereocenters. The van der Waals surface area contributed by atoms with Crippen molar-refractivity contribution in [1.82, 2.24) is 9.97 Å². The molecule has 0 fully saturated rings. The van der Waals surface area contributed by atoms with Gasteiger partial charge in [0.15, 0.2) is 0 Å². The van der Waals surface area contributed by atoms with Gasteiger partial charge in [-0.2, -0.15) is 0 Å². The molecule has 0 saturated carbocycles. The van der Waals surface area contributed by atoms with Crippen molar-refractivity contribution in [2.75, 3.05) is 17.7 Å². The second-order valence-corrected chi connectivity index (χ2v) is 5.17. The van der Waals surface area contributed by atoms with Gasteiger partial charge in [0.1, 0.15) is 28.8 Å². The number of hydrogen-bond donors (Lipinski definition) is 2. The number of ether oxygens (including phenoxy) is 1. The van der Waals surface area contributed by atoms with Crippen LogP contribution in [0.4, 0.5) is 26.1 Å². The van der Waals surface area contributed by atoms with Crippen molar-refractivity contribution in [3.05, 3.63) is 72.1 Å². The van der Waals surface area contributed by atoms with Crippen molar-refractivity contribution in [1.29, 1.82) is 0 Å². The molecule has 0 saturated heterocycles. The molecule has 0 radical (unpaired) electrons. The second kappa shape index (κ2) is 7.56. The first-order valence-corrected chi connectivity index (χ1v) is 7.56. The van der Waals surface area contributed by atoms with E-state index in [9.17, 15) is 13.6 Å². The lowest BCUT2D eigenvalue weighted by Crippen LogP contribution is -2.16. The van der Waals surface area contributed by atoms with Crippen LogP contribution in [0.15, 0.2) is 54.7 Å². The van der Waals surface area contributed by atoms with Crippen molar-refractivity contribution in [2.45, 2.75) is 0 Å². The topological polar surface area (TPSA) is 76.1 Å². The van der Waals surface area contributed by atoms with Gasteiger partial charge in [0, 0.05) is 18.0 Å². The van der Waals surface area contributed by atoms with Crippen molar-refractivity contribution in [2.24, 2.45) is 0 Å². The summed E-state index contributed by atoms with van der Waals surface area (Å²) in [6.07, 6.45) is 1.36. The summed E-state index contributed by atoms with van der Waals surface area (Å²) in [5, 5.41) is 5.11. The maximum Gasteiger partial charge on any atom is 0.274 e. The molecule has 2 N–H and O–H groups in total. The number of methoxy groups -OCH3 is 1. The van der Waals surface area contributed by atoms with E-state index in [4.69, 9.17) is 4.74 Å². The highest BCUT2D eigenvalue weighted by molar-refractivity contribution is 6.03. The predicted molar refractivity (Wildman–Crippen MR) is 92.6 cm³/mol. The molecule has 1 aromatic heterocycles. The summed E-state index contributed by atoms with van der Waals surface area (Å²) in [4.78, 5) is 20.3. The molecule has 0 spiro atoms. The third-order valence-electron chi connectivity index (χ3n) is 3.42. The number of nitrogens with one attached hydrogen (secondary N) is 2. The number of para-hydroxylation sites is 1. The van der Waals surface area contributed by atoms with Gasteiger partial charge in [-0.1, -0.05) is 12.1 Å². The zero-order chi connectivity index (χ0) is 18.5. The number of rotatable bonds is 5. The first-order valence-electron chi connectivity index (χ1n) is 7.56. The van der Waals surface area contributed by atoms with Crippen LogP contribution in [-0.2, 0) is 0 Å². The van der Waals surface area contributed by atoms with Crippen LogP contribution in [0.25, 0.3) is 0 Å². The molecule has 26 heavy (non-hydrogen) atoms. The number of anilines is 3. The van der Waals surface area contributed by atoms with Crippen LogP contribution in [0, 0.1) is 11.6 Å². The molecule has 3 rings (SSSR count). The monoisotopic (exact) mass is 356 g/mol. The third kappa shape index (κ3) is 3.92. The van der Waals surface area contributed by atoms with Gasteiger partial charge in [-0.15, -0.1) is 0 Å². The van der Waals surface area contributed by atoms with E-state index in [-0.39, 0.29) is 11.6 Å². The van der Waals surface area contributed by atoms with Gasteiger partial charge in [0.25, 0.3) is 5.91 Å². The molecule has 0 unspecified atom stereocenters. The first-order chi connectivity index (χ1) is 12.6. The summed E-state index contributed by atoms with van der Waals surface area (Å²) < 4.78 is 32.4. The maximum absolute atomic E-state index is 13.7. The molecule has 1 heterocycles. The summed E-state index contributed by atoms with van der Waals surface area (Å²) in [6, 6.07) is 11.7. The Morgan fingerprint density at radius 2 is 1.81 bits per heavy atom. The van der Waals surface area contributed by atoms with Crippen molar-refractivity contribution >= 4 is 23.2 Å². The van der Waals surface area contributed by atoms with E-state index in [1.807, 2.05) is 0 Å². The van der Waals surface area contributed by atoms with E-state index in [0.29, 0.717) is 11.4 Å². The number of amides is 1. The van der Waals surface area contributed by atoms with Crippen LogP contribution in [-0.4, -0.2) is 23.0 Å². The molecule has 0 bridgehead atoms. The molecular weight excluding hydrogens is 342 g/mol. The molecule has 0 aliphatic carbocycles. The highest BCUT2D eigenvalue weighted by atomic mass is 19.1. The first kappa shape index (κ1) is 17.3. The average Bonchev–Trinajstić information content (AvgIpc) is 2.65. The Morgan fingerprint density at radius 3 is 2.54 bits per heavy atom. The third-order valence-corrected chi connectivity index (χ3v) is 3.42. The Labute approximate surface area is 147 Å². The van der Waals surface area contributed by atoms with Crippen LogP contribution in [0.2, 0.25) is 0 Å². The molecular formula is C18H14F2N4O2. The molecule has 3 aromatic rings. The largest absolute Gasteiger partial charge is 0.497 e. The van der Waals surface area contributed by atoms with Crippen LogP contribution in [0.5, 0.6) is 5.75 Å². The fourth-order valence-corrected chi connectivity index (χ4v) is 2.17. The van der Waals surface area contributed by atoms with Crippen LogP contribution >= 0.6 is 0 Å². The molecule has 0 aliphatic rings.